The molecule has 1 amide bonds. The highest BCUT2D eigenvalue weighted by Gasteiger charge is 2.28. The van der Waals surface area contributed by atoms with Gasteiger partial charge in [0.25, 0.3) is 0 Å². The number of nitrogens with one attached hydrogen (secondary N) is 1. The van der Waals surface area contributed by atoms with Crippen LogP contribution in [-0.4, -0.2) is 54.6 Å². The van der Waals surface area contributed by atoms with Gasteiger partial charge in [0.15, 0.2) is 0 Å². The summed E-state index contributed by atoms with van der Waals surface area (Å²) in [6.07, 6.45) is 2.51. The van der Waals surface area contributed by atoms with E-state index >= 15 is 0 Å². The predicted octanol–water partition coefficient (Wildman–Crippen LogP) is 2.72. The molecule has 0 bridgehead atoms. The van der Waals surface area contributed by atoms with Gasteiger partial charge in [-0.3, -0.25) is 14.7 Å². The molecule has 5 nitrogen and oxygen atoms in total. The number of piperazine rings is 1. The second-order valence-electron chi connectivity index (χ2n) is 7.21. The average molecular weight is 389 g/mol. The summed E-state index contributed by atoms with van der Waals surface area (Å²) in [6.45, 7) is 5.79. The molecule has 0 radical (unpaired) electrons. The van der Waals surface area contributed by atoms with Gasteiger partial charge in [-0.25, -0.2) is 4.39 Å². The van der Waals surface area contributed by atoms with Crippen molar-refractivity contribution in [2.24, 2.45) is 0 Å². The number of fused-ring (bicyclic) bond motifs is 1. The Balaban J connectivity index is 1.57. The number of carbonyl (C=O) groups is 1. The Kier molecular flexibility index (Phi) is 5.12. The number of benzene rings is 1. The topological polar surface area (TPSA) is 48.5 Å². The second-order valence-corrected chi connectivity index (χ2v) is 7.64. The standard InChI is InChI=1S/C20H22ClFN4O/c1-13-11-25(7-5-23-13)12-20(27)26-6-4-14-10-24-18(9-19(14)26)16-8-15(21)2-3-17(16)22/h2-3,8-10,13,23H,4-7,11-12H2,1H3/t13-/m1/s1. The van der Waals surface area contributed by atoms with E-state index in [1.54, 1.807) is 23.2 Å². The molecule has 1 aromatic heterocycles. The number of aromatic nitrogens is 1. The molecule has 142 valence electrons. The summed E-state index contributed by atoms with van der Waals surface area (Å²) in [4.78, 5) is 21.3. The summed E-state index contributed by atoms with van der Waals surface area (Å²) in [6, 6.07) is 6.60. The van der Waals surface area contributed by atoms with Crippen molar-refractivity contribution in [1.29, 1.82) is 0 Å². The maximum Gasteiger partial charge on any atom is 0.241 e. The van der Waals surface area contributed by atoms with Crippen LogP contribution in [0.1, 0.15) is 12.5 Å². The van der Waals surface area contributed by atoms with Crippen molar-refractivity contribution in [3.05, 3.63) is 46.9 Å². The molecule has 1 saturated heterocycles. The monoisotopic (exact) mass is 388 g/mol. The van der Waals surface area contributed by atoms with Crippen molar-refractivity contribution < 1.29 is 9.18 Å². The minimum absolute atomic E-state index is 0.0755. The van der Waals surface area contributed by atoms with Crippen LogP contribution in [0, 0.1) is 5.82 Å². The Morgan fingerprint density at radius 3 is 3.04 bits per heavy atom. The number of carbonyl (C=O) groups excluding carboxylic acids is 1. The third-order valence-electron chi connectivity index (χ3n) is 5.17. The first-order valence-electron chi connectivity index (χ1n) is 9.22. The fraction of sp³-hybridized carbons (Fsp3) is 0.400. The molecule has 0 spiro atoms. The highest BCUT2D eigenvalue weighted by molar-refractivity contribution is 6.30. The predicted molar refractivity (Wildman–Crippen MR) is 105 cm³/mol. The zero-order chi connectivity index (χ0) is 19.0. The fourth-order valence-electron chi connectivity index (χ4n) is 3.80. The largest absolute Gasteiger partial charge is 0.312 e. The number of pyridine rings is 1. The number of nitrogens with zero attached hydrogens (tertiary/aromatic N) is 3. The molecule has 3 heterocycles. The van der Waals surface area contributed by atoms with Crippen molar-refractivity contribution >= 4 is 23.2 Å². The summed E-state index contributed by atoms with van der Waals surface area (Å²) < 4.78 is 14.2. The molecule has 0 unspecified atom stereocenters. The first-order valence-corrected chi connectivity index (χ1v) is 9.59. The second kappa shape index (κ2) is 7.54. The third kappa shape index (κ3) is 3.83. The number of rotatable bonds is 3. The summed E-state index contributed by atoms with van der Waals surface area (Å²) in [5, 5.41) is 3.84. The molecule has 1 atom stereocenters. The SMILES string of the molecule is C[C@@H]1CN(CC(=O)N2CCc3cnc(-c4cc(Cl)ccc4F)cc32)CCN1. The summed E-state index contributed by atoms with van der Waals surface area (Å²) >= 11 is 6.01. The van der Waals surface area contributed by atoms with Crippen LogP contribution < -0.4 is 10.2 Å². The van der Waals surface area contributed by atoms with Gasteiger partial charge >= 0.3 is 0 Å². The van der Waals surface area contributed by atoms with Crippen molar-refractivity contribution in [3.63, 3.8) is 0 Å². The molecule has 1 fully saturated rings. The minimum Gasteiger partial charge on any atom is -0.312 e. The Hall–Kier alpha value is -2.02. The van der Waals surface area contributed by atoms with Gasteiger partial charge in [0.1, 0.15) is 5.82 Å². The molecule has 2 aliphatic rings. The molecule has 0 aliphatic carbocycles. The molecule has 27 heavy (non-hydrogen) atoms. The van der Waals surface area contributed by atoms with Crippen LogP contribution in [0.2, 0.25) is 5.02 Å². The van der Waals surface area contributed by atoms with Gasteiger partial charge in [-0.05, 0) is 43.2 Å². The third-order valence-corrected chi connectivity index (χ3v) is 5.41. The van der Waals surface area contributed by atoms with E-state index in [1.165, 1.54) is 12.1 Å². The average Bonchev–Trinajstić information content (AvgIpc) is 3.07. The van der Waals surface area contributed by atoms with Crippen LogP contribution in [0.25, 0.3) is 11.3 Å². The number of halogens is 2. The quantitative estimate of drug-likeness (QED) is 0.878. The molecule has 2 aromatic rings. The van der Waals surface area contributed by atoms with Gasteiger partial charge in [-0.15, -0.1) is 0 Å². The molecule has 4 rings (SSSR count). The lowest BCUT2D eigenvalue weighted by molar-refractivity contribution is -0.119. The lowest BCUT2D eigenvalue weighted by Gasteiger charge is -2.32. The summed E-state index contributed by atoms with van der Waals surface area (Å²) in [5.41, 5.74) is 2.68. The van der Waals surface area contributed by atoms with Crippen molar-refractivity contribution in [1.82, 2.24) is 15.2 Å². The Bertz CT molecular complexity index is 875. The van der Waals surface area contributed by atoms with Crippen molar-refractivity contribution in [3.8, 4) is 11.3 Å². The van der Waals surface area contributed by atoms with Crippen LogP contribution in [0.4, 0.5) is 10.1 Å². The zero-order valence-electron chi connectivity index (χ0n) is 15.2. The normalized spacial score (nSPS) is 20.0. The molecule has 7 heteroatoms. The number of hydrogen-bond donors (Lipinski definition) is 1. The van der Waals surface area contributed by atoms with E-state index in [2.05, 4.69) is 22.1 Å². The van der Waals surface area contributed by atoms with E-state index in [9.17, 15) is 9.18 Å². The molecule has 1 N–H and O–H groups in total. The maximum atomic E-state index is 14.2. The summed E-state index contributed by atoms with van der Waals surface area (Å²) in [7, 11) is 0. The minimum atomic E-state index is -0.377. The molecule has 1 aromatic carbocycles. The van der Waals surface area contributed by atoms with E-state index in [0.29, 0.717) is 35.4 Å². The Morgan fingerprint density at radius 2 is 2.22 bits per heavy atom. The number of anilines is 1. The van der Waals surface area contributed by atoms with Gasteiger partial charge in [-0.2, -0.15) is 0 Å². The van der Waals surface area contributed by atoms with E-state index in [4.69, 9.17) is 11.6 Å². The first kappa shape index (κ1) is 18.3. The zero-order valence-corrected chi connectivity index (χ0v) is 16.0. The van der Waals surface area contributed by atoms with Crippen molar-refractivity contribution in [2.45, 2.75) is 19.4 Å². The van der Waals surface area contributed by atoms with Crippen molar-refractivity contribution in [2.75, 3.05) is 37.6 Å². The first-order chi connectivity index (χ1) is 13.0. The van der Waals surface area contributed by atoms with E-state index in [0.717, 1.165) is 37.3 Å². The Morgan fingerprint density at radius 1 is 1.37 bits per heavy atom. The Labute approximate surface area is 163 Å². The van der Waals surface area contributed by atoms with Gasteiger partial charge in [0, 0.05) is 49.0 Å². The smallest absolute Gasteiger partial charge is 0.241 e. The van der Waals surface area contributed by atoms with Crippen LogP contribution in [0.5, 0.6) is 0 Å². The molecule has 2 aliphatic heterocycles. The van der Waals surface area contributed by atoms with E-state index in [1.807, 2.05) is 0 Å². The van der Waals surface area contributed by atoms with Crippen LogP contribution >= 0.6 is 11.6 Å². The van der Waals surface area contributed by atoms with Gasteiger partial charge in [0.2, 0.25) is 5.91 Å². The summed E-state index contributed by atoms with van der Waals surface area (Å²) in [5.74, 6) is -0.302. The van der Waals surface area contributed by atoms with E-state index < -0.39 is 0 Å². The maximum absolute atomic E-state index is 14.2. The molecule has 0 saturated carbocycles. The van der Waals surface area contributed by atoms with Gasteiger partial charge in [0.05, 0.1) is 17.9 Å². The van der Waals surface area contributed by atoms with Crippen LogP contribution in [0.15, 0.2) is 30.5 Å². The van der Waals surface area contributed by atoms with Gasteiger partial charge < -0.3 is 10.2 Å². The van der Waals surface area contributed by atoms with Crippen LogP contribution in [0.3, 0.4) is 0 Å². The number of amides is 1. The molecular weight excluding hydrogens is 367 g/mol. The number of hydrogen-bond acceptors (Lipinski definition) is 4. The van der Waals surface area contributed by atoms with Gasteiger partial charge in [-0.1, -0.05) is 11.6 Å². The fourth-order valence-corrected chi connectivity index (χ4v) is 3.97. The van der Waals surface area contributed by atoms with E-state index in [-0.39, 0.29) is 11.7 Å². The van der Waals surface area contributed by atoms with Crippen LogP contribution in [-0.2, 0) is 11.2 Å². The lowest BCUT2D eigenvalue weighted by atomic mass is 10.1. The highest BCUT2D eigenvalue weighted by Crippen LogP contribution is 2.33. The highest BCUT2D eigenvalue weighted by atomic mass is 35.5. The molecular formula is C20H22ClFN4O. The lowest BCUT2D eigenvalue weighted by Crippen LogP contribution is -2.52.